The fraction of sp³-hybridized carbons (Fsp3) is 0.571. The third-order valence-corrected chi connectivity index (χ3v) is 2.94. The second kappa shape index (κ2) is 11.3. The monoisotopic (exact) mass is 446 g/mol. The number of aryl methyl sites for hydroxylation is 1. The maximum absolute atomic E-state index is 12.0. The number of halogens is 4. The van der Waals surface area contributed by atoms with Crippen LogP contribution in [0.25, 0.3) is 0 Å². The number of unbranched alkanes of at least 4 members (excludes halogenated alkanes) is 1. The highest BCUT2D eigenvalue weighted by atomic mass is 127. The van der Waals surface area contributed by atoms with Gasteiger partial charge in [0.2, 0.25) is 5.56 Å². The van der Waals surface area contributed by atoms with Crippen LogP contribution in [0.1, 0.15) is 19.3 Å². The molecular weight excluding hydrogens is 424 g/mol. The molecule has 0 spiro atoms. The van der Waals surface area contributed by atoms with Gasteiger partial charge in [0.1, 0.15) is 0 Å². The van der Waals surface area contributed by atoms with E-state index in [2.05, 4.69) is 15.6 Å². The van der Waals surface area contributed by atoms with Crippen molar-refractivity contribution in [2.75, 3.05) is 20.1 Å². The zero-order valence-corrected chi connectivity index (χ0v) is 15.2. The van der Waals surface area contributed by atoms with Gasteiger partial charge in [0.25, 0.3) is 0 Å². The van der Waals surface area contributed by atoms with Gasteiger partial charge in [-0.2, -0.15) is 13.2 Å². The average molecular weight is 446 g/mol. The number of rotatable bonds is 7. The van der Waals surface area contributed by atoms with Crippen molar-refractivity contribution < 1.29 is 13.2 Å². The lowest BCUT2D eigenvalue weighted by Gasteiger charge is -2.13. The van der Waals surface area contributed by atoms with E-state index in [0.29, 0.717) is 19.0 Å². The topological polar surface area (TPSA) is 58.4 Å². The van der Waals surface area contributed by atoms with Gasteiger partial charge in [0.05, 0.1) is 6.42 Å². The highest BCUT2D eigenvalue weighted by Crippen LogP contribution is 2.17. The molecular formula is C14H22F3IN4O. The third kappa shape index (κ3) is 10.2. The Kier molecular flexibility index (Phi) is 10.7. The van der Waals surface area contributed by atoms with Crippen molar-refractivity contribution in [3.05, 3.63) is 34.7 Å². The molecule has 0 aromatic carbocycles. The number of guanidine groups is 1. The Labute approximate surface area is 150 Å². The van der Waals surface area contributed by atoms with Crippen molar-refractivity contribution in [1.82, 2.24) is 15.2 Å². The van der Waals surface area contributed by atoms with Crippen molar-refractivity contribution in [2.45, 2.75) is 32.0 Å². The van der Waals surface area contributed by atoms with Crippen LogP contribution >= 0.6 is 24.0 Å². The number of alkyl halides is 3. The molecule has 9 heteroatoms. The Hall–Kier alpha value is -1.26. The van der Waals surface area contributed by atoms with E-state index in [1.807, 2.05) is 0 Å². The van der Waals surface area contributed by atoms with Gasteiger partial charge in [-0.25, -0.2) is 0 Å². The average Bonchev–Trinajstić information content (AvgIpc) is 2.45. The molecule has 5 nitrogen and oxygen atoms in total. The van der Waals surface area contributed by atoms with Crippen LogP contribution in [-0.4, -0.2) is 36.8 Å². The maximum atomic E-state index is 12.0. The van der Waals surface area contributed by atoms with E-state index < -0.39 is 12.6 Å². The number of aliphatic imine (C=N–C) groups is 1. The van der Waals surface area contributed by atoms with Crippen LogP contribution in [0.15, 0.2) is 34.2 Å². The van der Waals surface area contributed by atoms with Crippen molar-refractivity contribution in [3.8, 4) is 0 Å². The summed E-state index contributed by atoms with van der Waals surface area (Å²) in [4.78, 5) is 15.3. The molecule has 1 rings (SSSR count). The van der Waals surface area contributed by atoms with Gasteiger partial charge < -0.3 is 15.2 Å². The molecule has 1 aromatic rings. The van der Waals surface area contributed by atoms with Crippen molar-refractivity contribution in [3.63, 3.8) is 0 Å². The summed E-state index contributed by atoms with van der Waals surface area (Å²) in [5.41, 5.74) is -0.0416. The molecule has 1 heterocycles. The van der Waals surface area contributed by atoms with Crippen LogP contribution < -0.4 is 16.2 Å². The largest absolute Gasteiger partial charge is 0.390 e. The van der Waals surface area contributed by atoms with E-state index in [9.17, 15) is 18.0 Å². The molecule has 0 saturated carbocycles. The van der Waals surface area contributed by atoms with Gasteiger partial charge in [0.15, 0.2) is 5.96 Å². The molecule has 0 amide bonds. The van der Waals surface area contributed by atoms with Gasteiger partial charge in [-0.3, -0.25) is 9.79 Å². The SMILES string of the molecule is CN=C(NCCCCn1ccccc1=O)NCCC(F)(F)F.I. The zero-order chi connectivity index (χ0) is 16.4. The first-order valence-corrected chi connectivity index (χ1v) is 7.09. The number of hydrogen-bond acceptors (Lipinski definition) is 2. The summed E-state index contributed by atoms with van der Waals surface area (Å²) in [5.74, 6) is 0.348. The number of pyridine rings is 1. The molecule has 0 aliphatic carbocycles. The summed E-state index contributed by atoms with van der Waals surface area (Å²) >= 11 is 0. The Morgan fingerprint density at radius 3 is 2.52 bits per heavy atom. The predicted octanol–water partition coefficient (Wildman–Crippen LogP) is 2.36. The second-order valence-electron chi connectivity index (χ2n) is 4.73. The highest BCUT2D eigenvalue weighted by Gasteiger charge is 2.26. The number of aromatic nitrogens is 1. The van der Waals surface area contributed by atoms with E-state index >= 15 is 0 Å². The first-order valence-electron chi connectivity index (χ1n) is 7.09. The van der Waals surface area contributed by atoms with Crippen LogP contribution in [0.4, 0.5) is 13.2 Å². The normalized spacial score (nSPS) is 11.7. The molecule has 0 atom stereocenters. The maximum Gasteiger partial charge on any atom is 0.390 e. The summed E-state index contributed by atoms with van der Waals surface area (Å²) in [7, 11) is 1.51. The lowest BCUT2D eigenvalue weighted by Crippen LogP contribution is -2.39. The first kappa shape index (κ1) is 21.7. The number of nitrogens with one attached hydrogen (secondary N) is 2. The molecule has 0 aliphatic rings. The van der Waals surface area contributed by atoms with Crippen LogP contribution in [0, 0.1) is 0 Å². The van der Waals surface area contributed by atoms with E-state index in [-0.39, 0.29) is 36.1 Å². The molecule has 0 fully saturated rings. The molecule has 0 bridgehead atoms. The third-order valence-electron chi connectivity index (χ3n) is 2.94. The second-order valence-corrected chi connectivity index (χ2v) is 4.73. The van der Waals surface area contributed by atoms with Crippen molar-refractivity contribution in [1.29, 1.82) is 0 Å². The summed E-state index contributed by atoms with van der Waals surface area (Å²) < 4.78 is 37.7. The minimum Gasteiger partial charge on any atom is -0.356 e. The smallest absolute Gasteiger partial charge is 0.356 e. The lowest BCUT2D eigenvalue weighted by molar-refractivity contribution is -0.132. The Bertz CT molecular complexity index is 531. The Balaban J connectivity index is 0.00000484. The van der Waals surface area contributed by atoms with Crippen molar-refractivity contribution >= 4 is 29.9 Å². The molecule has 23 heavy (non-hydrogen) atoms. The van der Waals surface area contributed by atoms with Crippen LogP contribution in [0.5, 0.6) is 0 Å². The van der Waals surface area contributed by atoms with Crippen molar-refractivity contribution in [2.24, 2.45) is 4.99 Å². The summed E-state index contributed by atoms with van der Waals surface area (Å²) in [6, 6.07) is 4.99. The Morgan fingerprint density at radius 1 is 1.22 bits per heavy atom. The van der Waals surface area contributed by atoms with Crippen LogP contribution in [0.2, 0.25) is 0 Å². The quantitative estimate of drug-likeness (QED) is 0.293. The van der Waals surface area contributed by atoms with E-state index in [0.717, 1.165) is 12.8 Å². The summed E-state index contributed by atoms with van der Waals surface area (Å²) in [6.45, 7) is 0.983. The highest BCUT2D eigenvalue weighted by molar-refractivity contribution is 14.0. The fourth-order valence-corrected chi connectivity index (χ4v) is 1.80. The van der Waals surface area contributed by atoms with Crippen LogP contribution in [0.3, 0.4) is 0 Å². The van der Waals surface area contributed by atoms with E-state index in [1.165, 1.54) is 13.1 Å². The number of hydrogen-bond donors (Lipinski definition) is 2. The molecule has 0 unspecified atom stereocenters. The minimum atomic E-state index is -4.17. The van der Waals surface area contributed by atoms with Gasteiger partial charge in [-0.1, -0.05) is 6.07 Å². The summed E-state index contributed by atoms with van der Waals surface area (Å²) in [6.07, 6.45) is -1.77. The minimum absolute atomic E-state index is 0. The zero-order valence-electron chi connectivity index (χ0n) is 12.9. The van der Waals surface area contributed by atoms with Crippen LogP contribution in [-0.2, 0) is 6.54 Å². The fourth-order valence-electron chi connectivity index (χ4n) is 1.80. The predicted molar refractivity (Wildman–Crippen MR) is 95.4 cm³/mol. The first-order chi connectivity index (χ1) is 10.4. The van der Waals surface area contributed by atoms with Gasteiger partial charge >= 0.3 is 6.18 Å². The lowest BCUT2D eigenvalue weighted by atomic mass is 10.3. The molecule has 0 aliphatic heterocycles. The number of nitrogens with zero attached hydrogens (tertiary/aromatic N) is 2. The molecule has 1 aromatic heterocycles. The molecule has 0 radical (unpaired) electrons. The van der Waals surface area contributed by atoms with Gasteiger partial charge in [0, 0.05) is 38.9 Å². The molecule has 0 saturated heterocycles. The van der Waals surface area contributed by atoms with E-state index in [4.69, 9.17) is 0 Å². The summed E-state index contributed by atoms with van der Waals surface area (Å²) in [5, 5.41) is 5.55. The Morgan fingerprint density at radius 2 is 1.91 bits per heavy atom. The molecule has 2 N–H and O–H groups in total. The van der Waals surface area contributed by atoms with Gasteiger partial charge in [-0.05, 0) is 18.9 Å². The van der Waals surface area contributed by atoms with E-state index in [1.54, 1.807) is 22.9 Å². The standard InChI is InChI=1S/C14H21F3N4O.HI/c1-18-13(20-9-7-14(15,16)17)19-8-3-5-11-21-10-4-2-6-12(21)22;/h2,4,6,10H,3,5,7-9,11H2,1H3,(H2,18,19,20);1H. The molecule has 132 valence electrons. The van der Waals surface area contributed by atoms with Gasteiger partial charge in [-0.15, -0.1) is 24.0 Å².